The highest BCUT2D eigenvalue weighted by Gasteiger charge is 2.22. The number of anilines is 1. The van der Waals surface area contributed by atoms with Crippen LogP contribution in [0.2, 0.25) is 0 Å². The van der Waals surface area contributed by atoms with Gasteiger partial charge in [-0.2, -0.15) is 0 Å². The molecule has 8 heteroatoms. The number of thiophene rings is 1. The van der Waals surface area contributed by atoms with Gasteiger partial charge in [0.1, 0.15) is 0 Å². The van der Waals surface area contributed by atoms with Crippen LogP contribution in [0.15, 0.2) is 21.9 Å². The minimum absolute atomic E-state index is 0.106. The number of thioether (sulfide) groups is 1. The summed E-state index contributed by atoms with van der Waals surface area (Å²) in [6.45, 7) is 2.78. The topological polar surface area (TPSA) is 66.9 Å². The molecule has 130 valence electrons. The first kappa shape index (κ1) is 17.7. The highest BCUT2D eigenvalue weighted by molar-refractivity contribution is 8.02. The minimum atomic E-state index is -0.141. The van der Waals surface area contributed by atoms with Gasteiger partial charge >= 0.3 is 0 Å². The molecular formula is C16H22N4OS3. The van der Waals surface area contributed by atoms with Crippen molar-refractivity contribution < 1.29 is 4.79 Å². The van der Waals surface area contributed by atoms with Gasteiger partial charge in [0.25, 0.3) is 0 Å². The second-order valence-electron chi connectivity index (χ2n) is 5.88. The van der Waals surface area contributed by atoms with Crippen LogP contribution in [0.25, 0.3) is 0 Å². The van der Waals surface area contributed by atoms with Crippen LogP contribution in [0, 0.1) is 0 Å². The predicted molar refractivity (Wildman–Crippen MR) is 102 cm³/mol. The van der Waals surface area contributed by atoms with Crippen LogP contribution in [-0.2, 0) is 11.2 Å². The number of amides is 1. The van der Waals surface area contributed by atoms with Crippen LogP contribution in [-0.4, -0.2) is 33.9 Å². The Bertz CT molecular complexity index is 638. The third kappa shape index (κ3) is 5.19. The monoisotopic (exact) mass is 382 g/mol. The van der Waals surface area contributed by atoms with Crippen LogP contribution in [0.5, 0.6) is 0 Å². The van der Waals surface area contributed by atoms with Crippen molar-refractivity contribution in [2.24, 2.45) is 0 Å². The van der Waals surface area contributed by atoms with E-state index < -0.39 is 0 Å². The van der Waals surface area contributed by atoms with E-state index in [0.29, 0.717) is 6.04 Å². The first-order valence-corrected chi connectivity index (χ1v) is 10.8. The molecule has 2 aromatic rings. The maximum absolute atomic E-state index is 12.2. The lowest BCUT2D eigenvalue weighted by molar-refractivity contribution is -0.120. The molecule has 24 heavy (non-hydrogen) atoms. The number of aromatic nitrogens is 2. The van der Waals surface area contributed by atoms with Gasteiger partial charge in [0.2, 0.25) is 11.0 Å². The van der Waals surface area contributed by atoms with Crippen molar-refractivity contribution in [3.63, 3.8) is 0 Å². The zero-order chi connectivity index (χ0) is 16.8. The highest BCUT2D eigenvalue weighted by atomic mass is 32.2. The maximum atomic E-state index is 12.2. The average Bonchev–Trinajstić information content (AvgIpc) is 3.30. The van der Waals surface area contributed by atoms with E-state index in [2.05, 4.69) is 38.3 Å². The number of carbonyl (C=O) groups is 1. The van der Waals surface area contributed by atoms with Crippen LogP contribution < -0.4 is 10.6 Å². The molecule has 0 spiro atoms. The van der Waals surface area contributed by atoms with Gasteiger partial charge in [-0.05, 0) is 37.6 Å². The van der Waals surface area contributed by atoms with E-state index in [-0.39, 0.29) is 11.2 Å². The molecule has 5 nitrogen and oxygen atoms in total. The van der Waals surface area contributed by atoms with Gasteiger partial charge in [0, 0.05) is 17.5 Å². The molecule has 1 saturated carbocycles. The lowest BCUT2D eigenvalue weighted by Crippen LogP contribution is -2.37. The first-order valence-electron chi connectivity index (χ1n) is 8.27. The van der Waals surface area contributed by atoms with E-state index in [1.807, 2.05) is 6.92 Å². The number of nitrogens with one attached hydrogen (secondary N) is 2. The number of carbonyl (C=O) groups excluding carboxylic acids is 1. The maximum Gasteiger partial charge on any atom is 0.233 e. The molecule has 0 radical (unpaired) electrons. The lowest BCUT2D eigenvalue weighted by Gasteiger charge is -2.15. The third-order valence-electron chi connectivity index (χ3n) is 3.98. The van der Waals surface area contributed by atoms with Crippen LogP contribution >= 0.6 is 34.4 Å². The molecule has 2 N–H and O–H groups in total. The largest absolute Gasteiger partial charge is 0.360 e. The number of hydrogen-bond donors (Lipinski definition) is 2. The lowest BCUT2D eigenvalue weighted by atomic mass is 10.2. The summed E-state index contributed by atoms with van der Waals surface area (Å²) >= 11 is 4.76. The molecule has 1 fully saturated rings. The molecule has 0 aromatic carbocycles. The van der Waals surface area contributed by atoms with Gasteiger partial charge in [-0.25, -0.2) is 0 Å². The van der Waals surface area contributed by atoms with Crippen molar-refractivity contribution in [1.82, 2.24) is 15.5 Å². The number of hydrogen-bond acceptors (Lipinski definition) is 7. The number of rotatable bonds is 8. The Hall–Kier alpha value is -1.12. The fourth-order valence-electron chi connectivity index (χ4n) is 2.67. The normalized spacial score (nSPS) is 16.2. The Kier molecular flexibility index (Phi) is 6.51. The summed E-state index contributed by atoms with van der Waals surface area (Å²) in [6, 6.07) is 4.57. The van der Waals surface area contributed by atoms with Gasteiger partial charge in [-0.3, -0.25) is 4.79 Å². The Balaban J connectivity index is 1.41. The zero-order valence-electron chi connectivity index (χ0n) is 13.7. The molecule has 3 rings (SSSR count). The molecule has 1 aliphatic rings. The predicted octanol–water partition coefficient (Wildman–Crippen LogP) is 3.79. The summed E-state index contributed by atoms with van der Waals surface area (Å²) < 4.78 is 0.836. The van der Waals surface area contributed by atoms with Crippen molar-refractivity contribution >= 4 is 45.5 Å². The SMILES string of the molecule is C[C@@H](Sc1nnc(NCCc2cccs2)s1)C(=O)NC1CCCC1. The van der Waals surface area contributed by atoms with Gasteiger partial charge in [0.15, 0.2) is 4.34 Å². The van der Waals surface area contributed by atoms with E-state index in [0.717, 1.165) is 35.3 Å². The van der Waals surface area contributed by atoms with Crippen molar-refractivity contribution in [2.45, 2.75) is 54.7 Å². The summed E-state index contributed by atoms with van der Waals surface area (Å²) in [4.78, 5) is 13.6. The molecule has 0 aliphatic heterocycles. The standard InChI is InChI=1S/C16H22N4OS3/c1-11(14(21)18-12-5-2-3-6-12)23-16-20-19-15(24-16)17-9-8-13-7-4-10-22-13/h4,7,10-12H,2-3,5-6,8-9H2,1H3,(H,17,19)(H,18,21)/t11-/m1/s1. The molecule has 0 unspecified atom stereocenters. The van der Waals surface area contributed by atoms with Crippen molar-refractivity contribution in [3.8, 4) is 0 Å². The number of nitrogens with zero attached hydrogens (tertiary/aromatic N) is 2. The third-order valence-corrected chi connectivity index (χ3v) is 6.98. The van der Waals surface area contributed by atoms with Gasteiger partial charge in [-0.15, -0.1) is 21.5 Å². The highest BCUT2D eigenvalue weighted by Crippen LogP contribution is 2.29. The molecular weight excluding hydrogens is 360 g/mol. The molecule has 0 saturated heterocycles. The molecule has 0 bridgehead atoms. The second kappa shape index (κ2) is 8.82. The average molecular weight is 383 g/mol. The van der Waals surface area contributed by atoms with Crippen LogP contribution in [0.4, 0.5) is 5.13 Å². The van der Waals surface area contributed by atoms with Crippen molar-refractivity contribution in [2.75, 3.05) is 11.9 Å². The summed E-state index contributed by atoms with van der Waals surface area (Å²) in [5.74, 6) is 0.106. The fourth-order valence-corrected chi connectivity index (χ4v) is 5.31. The van der Waals surface area contributed by atoms with Crippen LogP contribution in [0.1, 0.15) is 37.5 Å². The Morgan fingerprint density at radius 2 is 2.25 bits per heavy atom. The van der Waals surface area contributed by atoms with Crippen molar-refractivity contribution in [3.05, 3.63) is 22.4 Å². The summed E-state index contributed by atoms with van der Waals surface area (Å²) in [6.07, 6.45) is 5.66. The van der Waals surface area contributed by atoms with E-state index in [4.69, 9.17) is 0 Å². The van der Waals surface area contributed by atoms with Gasteiger partial charge in [0.05, 0.1) is 5.25 Å². The first-order chi connectivity index (χ1) is 11.7. The van der Waals surface area contributed by atoms with Gasteiger partial charge in [-0.1, -0.05) is 42.0 Å². The van der Waals surface area contributed by atoms with E-state index in [9.17, 15) is 4.79 Å². The van der Waals surface area contributed by atoms with E-state index in [1.165, 1.54) is 40.8 Å². The molecule has 1 aliphatic carbocycles. The van der Waals surface area contributed by atoms with Crippen molar-refractivity contribution in [1.29, 1.82) is 0 Å². The fraction of sp³-hybridized carbons (Fsp3) is 0.562. The van der Waals surface area contributed by atoms with Gasteiger partial charge < -0.3 is 10.6 Å². The molecule has 2 heterocycles. The summed E-state index contributed by atoms with van der Waals surface area (Å²) in [5, 5.41) is 17.5. The molecule has 2 aromatic heterocycles. The van der Waals surface area contributed by atoms with Crippen LogP contribution in [0.3, 0.4) is 0 Å². The second-order valence-corrected chi connectivity index (χ2v) is 9.48. The minimum Gasteiger partial charge on any atom is -0.360 e. The van der Waals surface area contributed by atoms with E-state index >= 15 is 0 Å². The molecule has 1 amide bonds. The smallest absolute Gasteiger partial charge is 0.233 e. The molecule has 1 atom stereocenters. The summed E-state index contributed by atoms with van der Waals surface area (Å²) in [5.41, 5.74) is 0. The Labute approximate surface area is 154 Å². The van der Waals surface area contributed by atoms with E-state index in [1.54, 1.807) is 11.3 Å². The summed E-state index contributed by atoms with van der Waals surface area (Å²) in [7, 11) is 0. The Morgan fingerprint density at radius 3 is 3.00 bits per heavy atom. The zero-order valence-corrected chi connectivity index (χ0v) is 16.1. The quantitative estimate of drug-likeness (QED) is 0.680. The Morgan fingerprint density at radius 1 is 1.42 bits per heavy atom.